The Balaban J connectivity index is 1.94. The normalized spacial score (nSPS) is 39.5. The third-order valence-electron chi connectivity index (χ3n) is 3.24. The topological polar surface area (TPSA) is 21.3 Å². The van der Waals surface area contributed by atoms with E-state index < -0.39 is 0 Å². The van der Waals surface area contributed by atoms with E-state index in [1.54, 1.807) is 0 Å². The van der Waals surface area contributed by atoms with Crippen LogP contribution in [0.25, 0.3) is 0 Å². The molecule has 2 fully saturated rings. The number of ether oxygens (including phenoxy) is 1. The van der Waals surface area contributed by atoms with Crippen molar-refractivity contribution in [2.45, 2.75) is 33.2 Å². The molecule has 2 aliphatic rings. The Labute approximate surface area is 81.0 Å². The van der Waals surface area contributed by atoms with Gasteiger partial charge >= 0.3 is 0 Å². The van der Waals surface area contributed by atoms with E-state index in [4.69, 9.17) is 4.74 Å². The Morgan fingerprint density at radius 2 is 2.08 bits per heavy atom. The predicted molar refractivity (Wildman–Crippen MR) is 53.7 cm³/mol. The van der Waals surface area contributed by atoms with Crippen LogP contribution in [0.5, 0.6) is 0 Å². The highest BCUT2D eigenvalue weighted by Crippen LogP contribution is 2.34. The minimum atomic E-state index is 0.440. The van der Waals surface area contributed by atoms with E-state index in [1.807, 2.05) is 0 Å². The number of hydrogen-bond acceptors (Lipinski definition) is 2. The first-order chi connectivity index (χ1) is 6.06. The summed E-state index contributed by atoms with van der Waals surface area (Å²) in [5.74, 6) is 1.59. The molecule has 2 heterocycles. The molecule has 2 rings (SSSR count). The van der Waals surface area contributed by atoms with E-state index in [2.05, 4.69) is 26.1 Å². The minimum absolute atomic E-state index is 0.440. The highest BCUT2D eigenvalue weighted by atomic mass is 16.5. The van der Waals surface area contributed by atoms with Crippen LogP contribution in [0.15, 0.2) is 0 Å². The van der Waals surface area contributed by atoms with Gasteiger partial charge < -0.3 is 10.1 Å². The maximum atomic E-state index is 5.52. The molecule has 3 atom stereocenters. The van der Waals surface area contributed by atoms with E-state index >= 15 is 0 Å². The van der Waals surface area contributed by atoms with E-state index in [9.17, 15) is 0 Å². The van der Waals surface area contributed by atoms with Gasteiger partial charge in [-0.1, -0.05) is 20.8 Å². The van der Waals surface area contributed by atoms with Crippen molar-refractivity contribution in [3.63, 3.8) is 0 Å². The predicted octanol–water partition coefficient (Wildman–Crippen LogP) is 1.66. The van der Waals surface area contributed by atoms with Gasteiger partial charge in [-0.05, 0) is 11.8 Å². The fourth-order valence-electron chi connectivity index (χ4n) is 2.61. The van der Waals surface area contributed by atoms with Crippen LogP contribution in [-0.2, 0) is 4.74 Å². The quantitative estimate of drug-likeness (QED) is 0.667. The number of fused-ring (bicyclic) bond motifs is 1. The van der Waals surface area contributed by atoms with Crippen LogP contribution in [0, 0.1) is 17.3 Å². The molecule has 0 aromatic carbocycles. The van der Waals surface area contributed by atoms with E-state index in [0.717, 1.165) is 25.0 Å². The molecule has 0 bridgehead atoms. The maximum absolute atomic E-state index is 5.52. The molecule has 0 amide bonds. The van der Waals surface area contributed by atoms with Crippen molar-refractivity contribution in [1.82, 2.24) is 5.32 Å². The van der Waals surface area contributed by atoms with Gasteiger partial charge in [0, 0.05) is 24.4 Å². The average molecular weight is 183 g/mol. The highest BCUT2D eigenvalue weighted by Gasteiger charge is 2.40. The van der Waals surface area contributed by atoms with Crippen molar-refractivity contribution < 1.29 is 4.74 Å². The largest absolute Gasteiger partial charge is 0.381 e. The first kappa shape index (κ1) is 9.47. The van der Waals surface area contributed by atoms with Crippen LogP contribution in [0.1, 0.15) is 27.2 Å². The molecule has 13 heavy (non-hydrogen) atoms. The van der Waals surface area contributed by atoms with Crippen molar-refractivity contribution in [3.05, 3.63) is 0 Å². The summed E-state index contributed by atoms with van der Waals surface area (Å²) in [6.07, 6.45) is 1.28. The fourth-order valence-corrected chi connectivity index (χ4v) is 2.61. The summed E-state index contributed by atoms with van der Waals surface area (Å²) in [6.45, 7) is 10.1. The molecule has 1 N–H and O–H groups in total. The molecule has 0 aromatic heterocycles. The van der Waals surface area contributed by atoms with Crippen molar-refractivity contribution in [3.8, 4) is 0 Å². The summed E-state index contributed by atoms with van der Waals surface area (Å²) in [6, 6.07) is 0.701. The van der Waals surface area contributed by atoms with Gasteiger partial charge in [0.25, 0.3) is 0 Å². The lowest BCUT2D eigenvalue weighted by Crippen LogP contribution is -2.32. The molecule has 2 heteroatoms. The standard InChI is InChI=1S/C11H21NO/c1-11(2,3)4-10-9-7-13-6-8(9)5-12-10/h8-10,12H,4-7H2,1-3H3. The van der Waals surface area contributed by atoms with Crippen molar-refractivity contribution in [2.75, 3.05) is 19.8 Å². The van der Waals surface area contributed by atoms with Crippen LogP contribution in [0.4, 0.5) is 0 Å². The lowest BCUT2D eigenvalue weighted by atomic mass is 9.82. The molecule has 0 aromatic rings. The smallest absolute Gasteiger partial charge is 0.0513 e. The Morgan fingerprint density at radius 1 is 1.31 bits per heavy atom. The van der Waals surface area contributed by atoms with Gasteiger partial charge in [0.1, 0.15) is 0 Å². The molecule has 76 valence electrons. The summed E-state index contributed by atoms with van der Waals surface area (Å²) < 4.78 is 5.52. The Hall–Kier alpha value is -0.0800. The first-order valence-electron chi connectivity index (χ1n) is 5.37. The van der Waals surface area contributed by atoms with E-state index in [-0.39, 0.29) is 0 Å². The summed E-state index contributed by atoms with van der Waals surface area (Å²) in [4.78, 5) is 0. The minimum Gasteiger partial charge on any atom is -0.381 e. The number of rotatable bonds is 1. The third-order valence-corrected chi connectivity index (χ3v) is 3.24. The second kappa shape index (κ2) is 3.25. The maximum Gasteiger partial charge on any atom is 0.0513 e. The van der Waals surface area contributed by atoms with Crippen molar-refractivity contribution in [2.24, 2.45) is 17.3 Å². The lowest BCUT2D eigenvalue weighted by Gasteiger charge is -2.26. The van der Waals surface area contributed by atoms with Gasteiger partial charge in [0.15, 0.2) is 0 Å². The molecular formula is C11H21NO. The average Bonchev–Trinajstić information content (AvgIpc) is 2.50. The first-order valence-corrected chi connectivity index (χ1v) is 5.37. The van der Waals surface area contributed by atoms with Gasteiger partial charge in [0.05, 0.1) is 13.2 Å². The fraction of sp³-hybridized carbons (Fsp3) is 1.00. The second-order valence-corrected chi connectivity index (χ2v) is 5.74. The van der Waals surface area contributed by atoms with Crippen LogP contribution >= 0.6 is 0 Å². The molecule has 2 aliphatic heterocycles. The monoisotopic (exact) mass is 183 g/mol. The van der Waals surface area contributed by atoms with Gasteiger partial charge in [-0.3, -0.25) is 0 Å². The van der Waals surface area contributed by atoms with Crippen LogP contribution < -0.4 is 5.32 Å². The molecular weight excluding hydrogens is 162 g/mol. The zero-order chi connectivity index (χ0) is 9.47. The van der Waals surface area contributed by atoms with Crippen molar-refractivity contribution in [1.29, 1.82) is 0 Å². The van der Waals surface area contributed by atoms with E-state index in [0.29, 0.717) is 11.5 Å². The van der Waals surface area contributed by atoms with Gasteiger partial charge in [0.2, 0.25) is 0 Å². The highest BCUT2D eigenvalue weighted by molar-refractivity contribution is 4.94. The lowest BCUT2D eigenvalue weighted by molar-refractivity contribution is 0.162. The summed E-state index contributed by atoms with van der Waals surface area (Å²) in [7, 11) is 0. The molecule has 0 radical (unpaired) electrons. The van der Waals surface area contributed by atoms with Gasteiger partial charge in [-0.15, -0.1) is 0 Å². The Kier molecular flexibility index (Phi) is 2.37. The van der Waals surface area contributed by atoms with Crippen LogP contribution in [-0.4, -0.2) is 25.8 Å². The van der Waals surface area contributed by atoms with E-state index in [1.165, 1.54) is 13.0 Å². The van der Waals surface area contributed by atoms with Crippen molar-refractivity contribution >= 4 is 0 Å². The number of hydrogen-bond donors (Lipinski definition) is 1. The number of nitrogens with one attached hydrogen (secondary N) is 1. The van der Waals surface area contributed by atoms with Gasteiger partial charge in [-0.25, -0.2) is 0 Å². The molecule has 2 saturated heterocycles. The molecule has 2 nitrogen and oxygen atoms in total. The zero-order valence-corrected chi connectivity index (χ0v) is 8.97. The van der Waals surface area contributed by atoms with Crippen LogP contribution in [0.2, 0.25) is 0 Å². The van der Waals surface area contributed by atoms with Crippen LogP contribution in [0.3, 0.4) is 0 Å². The Bertz CT molecular complexity index is 185. The second-order valence-electron chi connectivity index (χ2n) is 5.74. The molecule has 0 spiro atoms. The summed E-state index contributed by atoms with van der Waals surface area (Å²) in [5, 5.41) is 3.64. The summed E-state index contributed by atoms with van der Waals surface area (Å²) >= 11 is 0. The zero-order valence-electron chi connectivity index (χ0n) is 8.97. The third kappa shape index (κ3) is 2.05. The molecule has 0 saturated carbocycles. The molecule has 0 aliphatic carbocycles. The Morgan fingerprint density at radius 3 is 2.77 bits per heavy atom. The summed E-state index contributed by atoms with van der Waals surface area (Å²) in [5.41, 5.74) is 0.440. The SMILES string of the molecule is CC(C)(C)CC1NCC2COCC21. The molecule has 3 unspecified atom stereocenters. The van der Waals surface area contributed by atoms with Gasteiger partial charge in [-0.2, -0.15) is 0 Å².